The summed E-state index contributed by atoms with van der Waals surface area (Å²) < 4.78 is 6.54. The molecule has 0 saturated carbocycles. The Bertz CT molecular complexity index is 1050. The van der Waals surface area contributed by atoms with Gasteiger partial charge in [0.1, 0.15) is 29.7 Å². The lowest BCUT2D eigenvalue weighted by Gasteiger charge is -2.27. The molecule has 0 spiro atoms. The van der Waals surface area contributed by atoms with E-state index in [9.17, 15) is 9.59 Å². The van der Waals surface area contributed by atoms with Gasteiger partial charge in [0.25, 0.3) is 5.56 Å². The first-order valence-electron chi connectivity index (χ1n) is 9.21. The van der Waals surface area contributed by atoms with Gasteiger partial charge >= 0.3 is 0 Å². The van der Waals surface area contributed by atoms with Crippen LogP contribution in [0.3, 0.4) is 0 Å². The Morgan fingerprint density at radius 2 is 2.07 bits per heavy atom. The van der Waals surface area contributed by atoms with Crippen molar-refractivity contribution in [2.75, 3.05) is 36.5 Å². The minimum Gasteiger partial charge on any atom is -0.378 e. The summed E-state index contributed by atoms with van der Waals surface area (Å²) in [5, 5.41) is 9.06. The summed E-state index contributed by atoms with van der Waals surface area (Å²) in [6.45, 7) is 4.37. The monoisotopic (exact) mass is 412 g/mol. The predicted octanol–water partition coefficient (Wildman–Crippen LogP) is 1.80. The molecule has 1 saturated heterocycles. The molecular formula is C19H20N6O3S. The quantitative estimate of drug-likeness (QED) is 0.682. The van der Waals surface area contributed by atoms with E-state index < -0.39 is 6.04 Å². The number of nitrogens with zero attached hydrogens (tertiary/aromatic N) is 5. The molecule has 0 radical (unpaired) electrons. The first kappa shape index (κ1) is 19.2. The number of morpholine rings is 1. The molecule has 1 N–H and O–H groups in total. The number of ether oxygens (including phenoxy) is 1. The minimum absolute atomic E-state index is 0.343. The second-order valence-corrected chi connectivity index (χ2v) is 7.45. The molecule has 1 amide bonds. The smallest absolute Gasteiger partial charge is 0.267 e. The lowest BCUT2D eigenvalue weighted by molar-refractivity contribution is -0.119. The normalized spacial score (nSPS) is 15.1. The van der Waals surface area contributed by atoms with Crippen molar-refractivity contribution in [3.63, 3.8) is 0 Å². The fourth-order valence-electron chi connectivity index (χ4n) is 2.98. The van der Waals surface area contributed by atoms with Crippen LogP contribution in [-0.4, -0.2) is 52.0 Å². The van der Waals surface area contributed by atoms with Gasteiger partial charge in [0.15, 0.2) is 0 Å². The van der Waals surface area contributed by atoms with Gasteiger partial charge in [-0.1, -0.05) is 6.07 Å². The Kier molecular flexibility index (Phi) is 5.63. The number of hydrogen-bond acceptors (Lipinski definition) is 8. The molecule has 4 rings (SSSR count). The topological polar surface area (TPSA) is 102 Å². The zero-order chi connectivity index (χ0) is 20.2. The molecular weight excluding hydrogens is 392 g/mol. The van der Waals surface area contributed by atoms with E-state index >= 15 is 0 Å². The number of nitrogens with one attached hydrogen (secondary N) is 1. The molecule has 10 heteroatoms. The van der Waals surface area contributed by atoms with Crippen LogP contribution in [0.1, 0.15) is 13.0 Å². The Morgan fingerprint density at radius 1 is 1.24 bits per heavy atom. The second kappa shape index (κ2) is 8.50. The van der Waals surface area contributed by atoms with E-state index in [0.29, 0.717) is 24.7 Å². The van der Waals surface area contributed by atoms with Gasteiger partial charge in [-0.25, -0.2) is 14.6 Å². The lowest BCUT2D eigenvalue weighted by atomic mass is 10.3. The molecule has 1 aliphatic heterocycles. The standard InChI is InChI=1S/C19H20N6O3S/c1-13(25-18(26)5-4-14(23-25)15-3-2-10-29-15)19(27)22-16-11-17(21-12-20-16)24-6-8-28-9-7-24/h2-5,10-13H,6-9H2,1H3,(H,20,21,22,27). The molecule has 1 unspecified atom stereocenters. The van der Waals surface area contributed by atoms with E-state index in [1.54, 1.807) is 19.1 Å². The van der Waals surface area contributed by atoms with E-state index in [1.165, 1.54) is 28.4 Å². The second-order valence-electron chi connectivity index (χ2n) is 6.50. The summed E-state index contributed by atoms with van der Waals surface area (Å²) in [5.41, 5.74) is 0.306. The van der Waals surface area contributed by atoms with Crippen LogP contribution < -0.4 is 15.8 Å². The minimum atomic E-state index is -0.802. The summed E-state index contributed by atoms with van der Waals surface area (Å²) in [6.07, 6.45) is 1.41. The number of anilines is 2. The van der Waals surface area contributed by atoms with Crippen LogP contribution in [0.25, 0.3) is 10.6 Å². The molecule has 1 fully saturated rings. The van der Waals surface area contributed by atoms with Gasteiger partial charge in [-0.15, -0.1) is 11.3 Å². The van der Waals surface area contributed by atoms with Crippen LogP contribution in [0.2, 0.25) is 0 Å². The Morgan fingerprint density at radius 3 is 2.83 bits per heavy atom. The van der Waals surface area contributed by atoms with Crippen LogP contribution in [0.15, 0.2) is 46.8 Å². The number of rotatable bonds is 5. The first-order valence-corrected chi connectivity index (χ1v) is 10.1. The number of aromatic nitrogens is 4. The highest BCUT2D eigenvalue weighted by molar-refractivity contribution is 7.13. The van der Waals surface area contributed by atoms with Crippen LogP contribution >= 0.6 is 11.3 Å². The highest BCUT2D eigenvalue weighted by Crippen LogP contribution is 2.22. The van der Waals surface area contributed by atoms with Gasteiger partial charge in [-0.3, -0.25) is 9.59 Å². The van der Waals surface area contributed by atoms with Crippen molar-refractivity contribution in [2.45, 2.75) is 13.0 Å². The van der Waals surface area contributed by atoms with Gasteiger partial charge in [-0.2, -0.15) is 5.10 Å². The van der Waals surface area contributed by atoms with Gasteiger partial charge in [0.05, 0.1) is 18.1 Å². The van der Waals surface area contributed by atoms with Gasteiger partial charge in [-0.05, 0) is 24.4 Å². The number of amides is 1. The molecule has 3 aromatic rings. The first-order chi connectivity index (χ1) is 14.1. The molecule has 9 nitrogen and oxygen atoms in total. The summed E-state index contributed by atoms with van der Waals surface area (Å²) in [6, 6.07) is 7.83. The summed E-state index contributed by atoms with van der Waals surface area (Å²) in [7, 11) is 0. The molecule has 0 aromatic carbocycles. The molecule has 29 heavy (non-hydrogen) atoms. The van der Waals surface area contributed by atoms with Crippen LogP contribution in [-0.2, 0) is 9.53 Å². The van der Waals surface area contributed by atoms with Crippen molar-refractivity contribution >= 4 is 28.9 Å². The van der Waals surface area contributed by atoms with Gasteiger partial charge < -0.3 is 15.0 Å². The fourth-order valence-corrected chi connectivity index (χ4v) is 3.67. The number of carbonyl (C=O) groups excluding carboxylic acids is 1. The van der Waals surface area contributed by atoms with Gasteiger partial charge in [0, 0.05) is 25.2 Å². The molecule has 3 aromatic heterocycles. The summed E-state index contributed by atoms with van der Waals surface area (Å²) in [5.74, 6) is 0.719. The zero-order valence-corrected chi connectivity index (χ0v) is 16.6. The van der Waals surface area contributed by atoms with E-state index in [-0.39, 0.29) is 11.5 Å². The molecule has 1 aliphatic rings. The van der Waals surface area contributed by atoms with Crippen molar-refractivity contribution in [1.29, 1.82) is 0 Å². The molecule has 0 aliphatic carbocycles. The zero-order valence-electron chi connectivity index (χ0n) is 15.8. The number of thiophene rings is 1. The number of hydrogen-bond donors (Lipinski definition) is 1. The summed E-state index contributed by atoms with van der Waals surface area (Å²) >= 11 is 1.52. The maximum atomic E-state index is 12.7. The molecule has 150 valence electrons. The largest absolute Gasteiger partial charge is 0.378 e. The van der Waals surface area contributed by atoms with E-state index in [1.807, 2.05) is 17.5 Å². The SMILES string of the molecule is CC(C(=O)Nc1cc(N2CCOCC2)ncn1)n1nc(-c2cccs2)ccc1=O. The average Bonchev–Trinajstić information content (AvgIpc) is 3.29. The van der Waals surface area contributed by atoms with Crippen molar-refractivity contribution < 1.29 is 9.53 Å². The van der Waals surface area contributed by atoms with Crippen LogP contribution in [0, 0.1) is 0 Å². The third kappa shape index (κ3) is 4.33. The van der Waals surface area contributed by atoms with Crippen LogP contribution in [0.5, 0.6) is 0 Å². The van der Waals surface area contributed by atoms with E-state index in [2.05, 4.69) is 25.3 Å². The maximum absolute atomic E-state index is 12.7. The van der Waals surface area contributed by atoms with Crippen LogP contribution in [0.4, 0.5) is 11.6 Å². The third-order valence-corrected chi connectivity index (χ3v) is 5.48. The van der Waals surface area contributed by atoms with Crippen molar-refractivity contribution in [3.8, 4) is 10.6 Å². The van der Waals surface area contributed by atoms with Gasteiger partial charge in [0.2, 0.25) is 5.91 Å². The Hall–Kier alpha value is -3.11. The average molecular weight is 412 g/mol. The maximum Gasteiger partial charge on any atom is 0.267 e. The highest BCUT2D eigenvalue weighted by Gasteiger charge is 2.20. The van der Waals surface area contributed by atoms with Crippen molar-refractivity contribution in [1.82, 2.24) is 19.7 Å². The predicted molar refractivity (Wildman–Crippen MR) is 110 cm³/mol. The highest BCUT2D eigenvalue weighted by atomic mass is 32.1. The van der Waals surface area contributed by atoms with Crippen molar-refractivity contribution in [3.05, 3.63) is 52.4 Å². The van der Waals surface area contributed by atoms with E-state index in [0.717, 1.165) is 23.8 Å². The molecule has 4 heterocycles. The lowest BCUT2D eigenvalue weighted by Crippen LogP contribution is -2.37. The van der Waals surface area contributed by atoms with Crippen molar-refractivity contribution in [2.24, 2.45) is 0 Å². The molecule has 0 bridgehead atoms. The Balaban J connectivity index is 1.52. The Labute approximate surface area is 171 Å². The third-order valence-electron chi connectivity index (χ3n) is 4.58. The summed E-state index contributed by atoms with van der Waals surface area (Å²) in [4.78, 5) is 36.4. The molecule has 1 atom stereocenters. The number of carbonyl (C=O) groups is 1. The fraction of sp³-hybridized carbons (Fsp3) is 0.316. The van der Waals surface area contributed by atoms with E-state index in [4.69, 9.17) is 4.74 Å².